The van der Waals surface area contributed by atoms with Gasteiger partial charge in [0.25, 0.3) is 17.6 Å². The predicted octanol–water partition coefficient (Wildman–Crippen LogP) is 2.74. The van der Waals surface area contributed by atoms with Crippen LogP contribution in [0.4, 0.5) is 5.69 Å². The second-order valence-corrected chi connectivity index (χ2v) is 8.38. The Bertz CT molecular complexity index is 927. The zero-order valence-electron chi connectivity index (χ0n) is 14.0. The average Bonchev–Trinajstić information content (AvgIpc) is 3.31. The molecule has 1 aliphatic rings. The maximum Gasteiger partial charge on any atom is 0.262 e. The lowest BCUT2D eigenvalue weighted by atomic mass is 9.97. The molecule has 27 heavy (non-hydrogen) atoms. The van der Waals surface area contributed by atoms with Crippen LogP contribution in [0.25, 0.3) is 0 Å². The number of ether oxygens (including phenoxy) is 1. The van der Waals surface area contributed by atoms with Gasteiger partial charge in [0.1, 0.15) is 11.6 Å². The summed E-state index contributed by atoms with van der Waals surface area (Å²) in [4.78, 5) is 37.2. The second kappa shape index (κ2) is 8.00. The quantitative estimate of drug-likeness (QED) is 0.540. The van der Waals surface area contributed by atoms with Crippen LogP contribution in [0.5, 0.6) is 0 Å². The molecular weight excluding hydrogens is 434 g/mol. The Hall–Kier alpha value is -2.54. The number of nitriles is 1. The van der Waals surface area contributed by atoms with E-state index in [1.807, 2.05) is 0 Å². The number of carbonyl (C=O) groups is 3. The fraction of sp³-hybridized carbons (Fsp3) is 0.222. The van der Waals surface area contributed by atoms with Gasteiger partial charge in [-0.15, -0.1) is 11.3 Å². The summed E-state index contributed by atoms with van der Waals surface area (Å²) in [7, 11) is 0. The highest BCUT2D eigenvalue weighted by molar-refractivity contribution is 9.11. The molecule has 1 unspecified atom stereocenters. The smallest absolute Gasteiger partial charge is 0.262 e. The van der Waals surface area contributed by atoms with Gasteiger partial charge in [-0.3, -0.25) is 14.4 Å². The molecule has 0 aliphatic carbocycles. The highest BCUT2D eigenvalue weighted by atomic mass is 79.9. The molecule has 1 aromatic heterocycles. The summed E-state index contributed by atoms with van der Waals surface area (Å²) < 4.78 is 6.18. The topological polar surface area (TPSA) is 108 Å². The van der Waals surface area contributed by atoms with E-state index in [-0.39, 0.29) is 18.1 Å². The first-order valence-corrected chi connectivity index (χ1v) is 9.56. The average molecular weight is 448 g/mol. The predicted molar refractivity (Wildman–Crippen MR) is 103 cm³/mol. The number of halogens is 1. The molecule has 3 rings (SSSR count). The first kappa shape index (κ1) is 19.2. The van der Waals surface area contributed by atoms with Gasteiger partial charge in [-0.05, 0) is 52.3 Å². The maximum absolute atomic E-state index is 12.9. The maximum atomic E-state index is 12.9. The van der Waals surface area contributed by atoms with E-state index in [2.05, 4.69) is 26.6 Å². The summed E-state index contributed by atoms with van der Waals surface area (Å²) in [6, 6.07) is 11.0. The number of ketones is 1. The standard InChI is InChI=1S/C18H14BrN3O4S/c19-15-6-5-14(27-15)16(24)22-18(7-8-26-10-18)17(25)21-12-3-1-11(2-4-12)13(23)9-20/h1-6H,7-8,10H2,(H,21,25)(H,22,24). The van der Waals surface area contributed by atoms with Gasteiger partial charge in [-0.25, -0.2) is 0 Å². The van der Waals surface area contributed by atoms with Crippen LogP contribution >= 0.6 is 27.3 Å². The number of nitrogens with one attached hydrogen (secondary N) is 2. The number of nitrogens with zero attached hydrogens (tertiary/aromatic N) is 1. The molecule has 2 amide bonds. The molecule has 0 spiro atoms. The molecular formula is C18H14BrN3O4S. The van der Waals surface area contributed by atoms with Crippen molar-refractivity contribution in [1.29, 1.82) is 5.26 Å². The molecule has 9 heteroatoms. The fourth-order valence-electron chi connectivity index (χ4n) is 2.63. The minimum atomic E-state index is -1.17. The second-order valence-electron chi connectivity index (χ2n) is 5.91. The van der Waals surface area contributed by atoms with Gasteiger partial charge >= 0.3 is 0 Å². The molecule has 1 atom stereocenters. The highest BCUT2D eigenvalue weighted by Gasteiger charge is 2.44. The summed E-state index contributed by atoms with van der Waals surface area (Å²) in [6.45, 7) is 0.430. The van der Waals surface area contributed by atoms with Crippen molar-refractivity contribution in [1.82, 2.24) is 5.32 Å². The monoisotopic (exact) mass is 447 g/mol. The van der Waals surface area contributed by atoms with Crippen LogP contribution in [0.3, 0.4) is 0 Å². The number of anilines is 1. The number of carbonyl (C=O) groups excluding carboxylic acids is 3. The minimum absolute atomic E-state index is 0.0715. The van der Waals surface area contributed by atoms with Gasteiger partial charge < -0.3 is 15.4 Å². The summed E-state index contributed by atoms with van der Waals surface area (Å²) in [5, 5.41) is 14.2. The molecule has 1 saturated heterocycles. The fourth-order valence-corrected chi connectivity index (χ4v) is 3.92. The van der Waals surface area contributed by atoms with Crippen LogP contribution in [0.2, 0.25) is 0 Å². The molecule has 138 valence electrons. The van der Waals surface area contributed by atoms with Gasteiger partial charge in [-0.1, -0.05) is 0 Å². The van der Waals surface area contributed by atoms with E-state index in [9.17, 15) is 14.4 Å². The third-order valence-corrected chi connectivity index (χ3v) is 5.74. The Kier molecular flexibility index (Phi) is 5.70. The number of thiophene rings is 1. The molecule has 2 N–H and O–H groups in total. The van der Waals surface area contributed by atoms with E-state index in [0.717, 1.165) is 3.79 Å². The van der Waals surface area contributed by atoms with Gasteiger partial charge in [0, 0.05) is 24.3 Å². The number of Topliss-reactive ketones (excluding diaryl/α,β-unsaturated/α-hetero) is 1. The molecule has 2 aromatic rings. The lowest BCUT2D eigenvalue weighted by Crippen LogP contribution is -2.57. The van der Waals surface area contributed by atoms with Crippen LogP contribution in [0.1, 0.15) is 26.5 Å². The third-order valence-electron chi connectivity index (χ3n) is 4.11. The Morgan fingerprint density at radius 1 is 1.19 bits per heavy atom. The minimum Gasteiger partial charge on any atom is -0.378 e. The lowest BCUT2D eigenvalue weighted by Gasteiger charge is -2.27. The Labute approximate surface area is 167 Å². The molecule has 0 radical (unpaired) electrons. The summed E-state index contributed by atoms with van der Waals surface area (Å²) >= 11 is 4.59. The number of hydrogen-bond acceptors (Lipinski definition) is 6. The van der Waals surface area contributed by atoms with Crippen molar-refractivity contribution >= 4 is 50.6 Å². The van der Waals surface area contributed by atoms with Crippen molar-refractivity contribution in [3.8, 4) is 6.07 Å². The van der Waals surface area contributed by atoms with E-state index >= 15 is 0 Å². The number of benzene rings is 1. The van der Waals surface area contributed by atoms with Gasteiger partial charge in [0.05, 0.1) is 15.3 Å². The van der Waals surface area contributed by atoms with Crippen molar-refractivity contribution < 1.29 is 19.1 Å². The third kappa shape index (κ3) is 4.24. The zero-order valence-corrected chi connectivity index (χ0v) is 16.4. The van der Waals surface area contributed by atoms with Gasteiger partial charge in [0.2, 0.25) is 0 Å². The molecule has 7 nitrogen and oxygen atoms in total. The molecule has 0 saturated carbocycles. The van der Waals surface area contributed by atoms with E-state index in [1.54, 1.807) is 12.1 Å². The number of amides is 2. The van der Waals surface area contributed by atoms with E-state index in [1.165, 1.54) is 41.7 Å². The first-order chi connectivity index (χ1) is 12.9. The summed E-state index contributed by atoms with van der Waals surface area (Å²) in [6.07, 6.45) is 0.349. The molecule has 1 aromatic carbocycles. The summed E-state index contributed by atoms with van der Waals surface area (Å²) in [5.74, 6) is -1.40. The SMILES string of the molecule is N#CC(=O)c1ccc(NC(=O)C2(NC(=O)c3ccc(Br)s3)CCOC2)cc1. The summed E-state index contributed by atoms with van der Waals surface area (Å²) in [5.41, 5.74) is -0.478. The van der Waals surface area contributed by atoms with Crippen LogP contribution in [-0.4, -0.2) is 36.4 Å². The van der Waals surface area contributed by atoms with Gasteiger partial charge in [0.15, 0.2) is 0 Å². The van der Waals surface area contributed by atoms with Crippen molar-refractivity contribution in [2.45, 2.75) is 12.0 Å². The Morgan fingerprint density at radius 2 is 1.93 bits per heavy atom. The molecule has 0 bridgehead atoms. The van der Waals surface area contributed by atoms with Crippen molar-refractivity contribution in [2.75, 3.05) is 18.5 Å². The van der Waals surface area contributed by atoms with Crippen LogP contribution in [0, 0.1) is 11.3 Å². The van der Waals surface area contributed by atoms with Crippen LogP contribution < -0.4 is 10.6 Å². The lowest BCUT2D eigenvalue weighted by molar-refractivity contribution is -0.122. The number of rotatable bonds is 5. The Balaban J connectivity index is 1.74. The van der Waals surface area contributed by atoms with Crippen molar-refractivity contribution in [2.24, 2.45) is 0 Å². The van der Waals surface area contributed by atoms with E-state index in [0.29, 0.717) is 23.6 Å². The largest absolute Gasteiger partial charge is 0.378 e. The normalized spacial score (nSPS) is 18.5. The van der Waals surface area contributed by atoms with E-state index in [4.69, 9.17) is 10.00 Å². The van der Waals surface area contributed by atoms with Gasteiger partial charge in [-0.2, -0.15) is 5.26 Å². The van der Waals surface area contributed by atoms with Crippen LogP contribution in [-0.2, 0) is 9.53 Å². The first-order valence-electron chi connectivity index (χ1n) is 7.95. The van der Waals surface area contributed by atoms with Crippen molar-refractivity contribution in [3.63, 3.8) is 0 Å². The molecule has 1 aliphatic heterocycles. The highest BCUT2D eigenvalue weighted by Crippen LogP contribution is 2.25. The van der Waals surface area contributed by atoms with Crippen LogP contribution in [0.15, 0.2) is 40.2 Å². The molecule has 2 heterocycles. The number of hydrogen-bond donors (Lipinski definition) is 2. The Morgan fingerprint density at radius 3 is 2.48 bits per heavy atom. The molecule has 1 fully saturated rings. The zero-order chi connectivity index (χ0) is 19.4. The van der Waals surface area contributed by atoms with Crippen molar-refractivity contribution in [3.05, 3.63) is 50.6 Å². The van der Waals surface area contributed by atoms with E-state index < -0.39 is 17.2 Å².